The molecule has 0 bridgehead atoms. The molecule has 4 rings (SSSR count). The molecule has 0 saturated heterocycles. The van der Waals surface area contributed by atoms with Crippen molar-refractivity contribution in [2.24, 2.45) is 0 Å². The van der Waals surface area contributed by atoms with Gasteiger partial charge in [0.15, 0.2) is 0 Å². The molecule has 0 radical (unpaired) electrons. The van der Waals surface area contributed by atoms with Gasteiger partial charge in [-0.15, -0.1) is 0 Å². The third kappa shape index (κ3) is 5.66. The molecule has 3 aromatic rings. The molecular weight excluding hydrogens is 446 g/mol. The van der Waals surface area contributed by atoms with Gasteiger partial charge in [0.1, 0.15) is 12.6 Å². The van der Waals surface area contributed by atoms with Crippen molar-refractivity contribution in [3.05, 3.63) is 89.7 Å². The zero-order valence-electron chi connectivity index (χ0n) is 19.3. The Morgan fingerprint density at radius 2 is 1.63 bits per heavy atom. The Bertz CT molecular complexity index is 1170. The topological polar surface area (TPSA) is 118 Å². The number of ether oxygens (including phenoxy) is 1. The molecule has 1 unspecified atom stereocenters. The molecule has 1 aliphatic carbocycles. The summed E-state index contributed by atoms with van der Waals surface area (Å²) in [5, 5.41) is 14.4. The predicted octanol–water partition coefficient (Wildman–Crippen LogP) is 4.03. The third-order valence-electron chi connectivity index (χ3n) is 6.14. The normalized spacial score (nSPS) is 13.7. The summed E-state index contributed by atoms with van der Waals surface area (Å²) in [6, 6.07) is 18.1. The van der Waals surface area contributed by atoms with E-state index in [-0.39, 0.29) is 31.4 Å². The van der Waals surface area contributed by atoms with E-state index < -0.39 is 24.0 Å². The van der Waals surface area contributed by atoms with E-state index in [1.54, 1.807) is 25.4 Å². The molecule has 0 spiro atoms. The second-order valence-electron chi connectivity index (χ2n) is 8.47. The number of fused-ring (bicyclic) bond motifs is 3. The third-order valence-corrected chi connectivity index (χ3v) is 6.14. The first-order valence-corrected chi connectivity index (χ1v) is 11.5. The van der Waals surface area contributed by atoms with E-state index in [9.17, 15) is 14.4 Å². The summed E-state index contributed by atoms with van der Waals surface area (Å²) in [5.74, 6) is -1.67. The van der Waals surface area contributed by atoms with Gasteiger partial charge in [-0.2, -0.15) is 0 Å². The van der Waals surface area contributed by atoms with Crippen LogP contribution in [0.4, 0.5) is 4.79 Å². The maximum atomic E-state index is 12.9. The van der Waals surface area contributed by atoms with Crippen molar-refractivity contribution >= 4 is 18.0 Å². The van der Waals surface area contributed by atoms with Gasteiger partial charge in [-0.3, -0.25) is 14.6 Å². The Kier molecular flexibility index (Phi) is 7.40. The highest BCUT2D eigenvalue weighted by molar-refractivity contribution is 5.86. The molecule has 3 N–H and O–H groups in total. The second kappa shape index (κ2) is 10.8. The number of benzene rings is 2. The van der Waals surface area contributed by atoms with E-state index in [2.05, 4.69) is 15.6 Å². The van der Waals surface area contributed by atoms with Crippen LogP contribution in [0.1, 0.15) is 48.4 Å². The first kappa shape index (κ1) is 23.9. The number of nitrogens with one attached hydrogen (secondary N) is 2. The van der Waals surface area contributed by atoms with Gasteiger partial charge in [0, 0.05) is 24.7 Å². The summed E-state index contributed by atoms with van der Waals surface area (Å²) in [4.78, 5) is 40.7. The average Bonchev–Trinajstić information content (AvgIpc) is 3.19. The van der Waals surface area contributed by atoms with Gasteiger partial charge in [0.25, 0.3) is 0 Å². The smallest absolute Gasteiger partial charge is 0.407 e. The van der Waals surface area contributed by atoms with Crippen LogP contribution >= 0.6 is 0 Å². The van der Waals surface area contributed by atoms with E-state index in [4.69, 9.17) is 9.84 Å². The summed E-state index contributed by atoms with van der Waals surface area (Å²) in [6.45, 7) is 1.88. The van der Waals surface area contributed by atoms with Gasteiger partial charge in [0.05, 0.1) is 6.04 Å². The molecule has 8 nitrogen and oxygen atoms in total. The average molecular weight is 474 g/mol. The lowest BCUT2D eigenvalue weighted by atomic mass is 9.98. The Morgan fingerprint density at radius 1 is 0.971 bits per heavy atom. The number of carboxylic acid groups (broad SMARTS) is 1. The highest BCUT2D eigenvalue weighted by atomic mass is 16.5. The van der Waals surface area contributed by atoms with E-state index in [1.807, 2.05) is 54.6 Å². The predicted molar refractivity (Wildman–Crippen MR) is 130 cm³/mol. The Labute approximate surface area is 203 Å². The molecule has 0 aliphatic heterocycles. The Hall–Kier alpha value is -4.20. The first-order chi connectivity index (χ1) is 16.9. The summed E-state index contributed by atoms with van der Waals surface area (Å²) in [5.41, 5.74) is 5.17. The number of hydrogen-bond acceptors (Lipinski definition) is 5. The van der Waals surface area contributed by atoms with E-state index in [0.29, 0.717) is 0 Å². The summed E-state index contributed by atoms with van der Waals surface area (Å²) in [7, 11) is 0. The molecule has 35 heavy (non-hydrogen) atoms. The number of rotatable bonds is 9. The number of aromatic nitrogens is 1. The number of amides is 2. The highest BCUT2D eigenvalue weighted by Crippen LogP contribution is 2.44. The van der Waals surface area contributed by atoms with Crippen LogP contribution in [0.15, 0.2) is 73.1 Å². The van der Waals surface area contributed by atoms with Crippen LogP contribution in [0, 0.1) is 0 Å². The minimum atomic E-state index is -1.06. The fraction of sp³-hybridized carbons (Fsp3) is 0.259. The minimum Gasteiger partial charge on any atom is -0.481 e. The van der Waals surface area contributed by atoms with Crippen LogP contribution in [0.3, 0.4) is 0 Å². The standard InChI is InChI=1S/C27H27N3O5/c1-17(18-7-6-14-28-15-18)29-26(33)24(12-13-25(31)32)30-27(34)35-16-23-21-10-4-2-8-19(21)20-9-3-5-11-22(20)23/h2-11,14-15,17,23-24H,12-13,16H2,1H3,(H,29,33)(H,30,34)(H,31,32)/t17-,24?/m1/s1. The molecule has 1 aromatic heterocycles. The van der Waals surface area contributed by atoms with E-state index >= 15 is 0 Å². The maximum Gasteiger partial charge on any atom is 0.407 e. The number of carbonyl (C=O) groups excluding carboxylic acids is 2. The van der Waals surface area contributed by atoms with Gasteiger partial charge in [-0.25, -0.2) is 4.79 Å². The van der Waals surface area contributed by atoms with Crippen molar-refractivity contribution in [1.82, 2.24) is 15.6 Å². The molecule has 2 amide bonds. The molecule has 0 saturated carbocycles. The molecule has 1 aliphatic rings. The quantitative estimate of drug-likeness (QED) is 0.432. The molecule has 0 fully saturated rings. The molecular formula is C27H27N3O5. The number of carboxylic acids is 1. The zero-order valence-corrected chi connectivity index (χ0v) is 19.3. The van der Waals surface area contributed by atoms with Crippen LogP contribution in [-0.4, -0.2) is 40.7 Å². The lowest BCUT2D eigenvalue weighted by Gasteiger charge is -2.21. The van der Waals surface area contributed by atoms with Crippen molar-refractivity contribution < 1.29 is 24.2 Å². The number of aliphatic carboxylic acids is 1. The molecule has 2 aromatic carbocycles. The van der Waals surface area contributed by atoms with Crippen molar-refractivity contribution in [3.63, 3.8) is 0 Å². The molecule has 180 valence electrons. The monoisotopic (exact) mass is 473 g/mol. The Morgan fingerprint density at radius 3 is 2.23 bits per heavy atom. The van der Waals surface area contributed by atoms with Crippen molar-refractivity contribution in [2.45, 2.75) is 37.8 Å². The zero-order chi connectivity index (χ0) is 24.8. The largest absolute Gasteiger partial charge is 0.481 e. The lowest BCUT2D eigenvalue weighted by molar-refractivity contribution is -0.137. The van der Waals surface area contributed by atoms with Gasteiger partial charge in [-0.05, 0) is 47.2 Å². The fourth-order valence-corrected chi connectivity index (χ4v) is 4.35. The molecule has 1 heterocycles. The van der Waals surface area contributed by atoms with Crippen molar-refractivity contribution in [1.29, 1.82) is 0 Å². The second-order valence-corrected chi connectivity index (χ2v) is 8.47. The number of alkyl carbamates (subject to hydrolysis) is 1. The van der Waals surface area contributed by atoms with Gasteiger partial charge in [0.2, 0.25) is 5.91 Å². The number of nitrogens with zero attached hydrogens (tertiary/aromatic N) is 1. The minimum absolute atomic E-state index is 0.0644. The van der Waals surface area contributed by atoms with Crippen LogP contribution in [0.25, 0.3) is 11.1 Å². The Balaban J connectivity index is 1.41. The van der Waals surface area contributed by atoms with E-state index in [0.717, 1.165) is 27.8 Å². The van der Waals surface area contributed by atoms with Crippen LogP contribution in [-0.2, 0) is 14.3 Å². The van der Waals surface area contributed by atoms with Gasteiger partial charge < -0.3 is 20.5 Å². The number of pyridine rings is 1. The van der Waals surface area contributed by atoms with Gasteiger partial charge >= 0.3 is 12.1 Å². The maximum absolute atomic E-state index is 12.9. The molecule has 8 heteroatoms. The SMILES string of the molecule is C[C@@H](NC(=O)C(CCC(=O)O)NC(=O)OCC1c2ccccc2-c2ccccc21)c1cccnc1. The van der Waals surface area contributed by atoms with Crippen LogP contribution in [0.5, 0.6) is 0 Å². The van der Waals surface area contributed by atoms with Crippen LogP contribution in [0.2, 0.25) is 0 Å². The van der Waals surface area contributed by atoms with E-state index in [1.165, 1.54) is 0 Å². The van der Waals surface area contributed by atoms with Crippen molar-refractivity contribution in [2.75, 3.05) is 6.61 Å². The summed E-state index contributed by atoms with van der Waals surface area (Å²) < 4.78 is 5.53. The summed E-state index contributed by atoms with van der Waals surface area (Å²) in [6.07, 6.45) is 2.16. The number of carbonyl (C=O) groups is 3. The fourth-order valence-electron chi connectivity index (χ4n) is 4.35. The molecule has 2 atom stereocenters. The highest BCUT2D eigenvalue weighted by Gasteiger charge is 2.30. The summed E-state index contributed by atoms with van der Waals surface area (Å²) >= 11 is 0. The van der Waals surface area contributed by atoms with Crippen LogP contribution < -0.4 is 10.6 Å². The van der Waals surface area contributed by atoms with Crippen molar-refractivity contribution in [3.8, 4) is 11.1 Å². The lowest BCUT2D eigenvalue weighted by Crippen LogP contribution is -2.47. The van der Waals surface area contributed by atoms with Gasteiger partial charge in [-0.1, -0.05) is 54.6 Å². The first-order valence-electron chi connectivity index (χ1n) is 11.5. The number of hydrogen-bond donors (Lipinski definition) is 3.